The molecule has 154 valence electrons. The van der Waals surface area contributed by atoms with Crippen molar-refractivity contribution in [2.45, 2.75) is 38.1 Å². The average molecular weight is 422 g/mol. The minimum atomic E-state index is -4.46. The van der Waals surface area contributed by atoms with E-state index in [2.05, 4.69) is 10.2 Å². The predicted octanol–water partition coefficient (Wildman–Crippen LogP) is 4.59. The molecule has 9 heteroatoms. The van der Waals surface area contributed by atoms with Crippen molar-refractivity contribution in [3.05, 3.63) is 59.3 Å². The molecule has 0 bridgehead atoms. The highest BCUT2D eigenvalue weighted by Crippen LogP contribution is 2.30. The highest BCUT2D eigenvalue weighted by atomic mass is 32.2. The fourth-order valence-electron chi connectivity index (χ4n) is 2.83. The molecule has 3 rings (SSSR count). The van der Waals surface area contributed by atoms with Crippen LogP contribution in [0.25, 0.3) is 5.65 Å². The SMILES string of the molecule is CCCN(Cc1ccc(C)cc1)C(=O)CSc1nnc2ccc(C(F)(F)F)cn12. The molecule has 0 radical (unpaired) electrons. The number of fused-ring (bicyclic) bond motifs is 1. The summed E-state index contributed by atoms with van der Waals surface area (Å²) in [6.07, 6.45) is -2.69. The lowest BCUT2D eigenvalue weighted by atomic mass is 10.1. The van der Waals surface area contributed by atoms with Gasteiger partial charge in [0.1, 0.15) is 0 Å². The van der Waals surface area contributed by atoms with Gasteiger partial charge in [-0.2, -0.15) is 13.2 Å². The molecule has 29 heavy (non-hydrogen) atoms. The zero-order chi connectivity index (χ0) is 21.0. The van der Waals surface area contributed by atoms with E-state index >= 15 is 0 Å². The van der Waals surface area contributed by atoms with Crippen LogP contribution in [-0.2, 0) is 17.5 Å². The Morgan fingerprint density at radius 1 is 1.14 bits per heavy atom. The van der Waals surface area contributed by atoms with Gasteiger partial charge in [-0.3, -0.25) is 9.20 Å². The molecule has 0 unspecified atom stereocenters. The van der Waals surface area contributed by atoms with Gasteiger partial charge in [0.2, 0.25) is 5.91 Å². The maximum absolute atomic E-state index is 13.0. The van der Waals surface area contributed by atoms with E-state index in [9.17, 15) is 18.0 Å². The second kappa shape index (κ2) is 8.86. The van der Waals surface area contributed by atoms with Crippen molar-refractivity contribution in [3.8, 4) is 0 Å². The number of halogens is 3. The molecule has 0 spiro atoms. The number of aryl methyl sites for hydroxylation is 1. The van der Waals surface area contributed by atoms with Crippen LogP contribution in [0.2, 0.25) is 0 Å². The molecule has 0 fully saturated rings. The van der Waals surface area contributed by atoms with E-state index in [1.165, 1.54) is 10.5 Å². The second-order valence-corrected chi connectivity index (χ2v) is 7.66. The summed E-state index contributed by atoms with van der Waals surface area (Å²) in [7, 11) is 0. The van der Waals surface area contributed by atoms with Crippen LogP contribution < -0.4 is 0 Å². The number of hydrogen-bond donors (Lipinski definition) is 0. The quantitative estimate of drug-likeness (QED) is 0.523. The van der Waals surface area contributed by atoms with Crippen molar-refractivity contribution in [2.75, 3.05) is 12.3 Å². The summed E-state index contributed by atoms with van der Waals surface area (Å²) < 4.78 is 40.2. The van der Waals surface area contributed by atoms with Crippen molar-refractivity contribution in [1.29, 1.82) is 0 Å². The first-order chi connectivity index (χ1) is 13.8. The Hall–Kier alpha value is -2.55. The Labute approximate surface area is 170 Å². The molecular formula is C20H21F3N4OS. The molecule has 0 saturated carbocycles. The van der Waals surface area contributed by atoms with E-state index in [1.54, 1.807) is 4.90 Å². The van der Waals surface area contributed by atoms with Crippen molar-refractivity contribution >= 4 is 23.3 Å². The first kappa shape index (κ1) is 21.2. The summed E-state index contributed by atoms with van der Waals surface area (Å²) in [5.41, 5.74) is 1.70. The maximum Gasteiger partial charge on any atom is 0.417 e. The number of thioether (sulfide) groups is 1. The summed E-state index contributed by atoms with van der Waals surface area (Å²) in [6, 6.07) is 10.2. The first-order valence-corrected chi connectivity index (χ1v) is 10.1. The Bertz CT molecular complexity index is 986. The number of amides is 1. The Balaban J connectivity index is 1.71. The van der Waals surface area contributed by atoms with Crippen LogP contribution in [0.5, 0.6) is 0 Å². The summed E-state index contributed by atoms with van der Waals surface area (Å²) in [5.74, 6) is -0.0238. The van der Waals surface area contributed by atoms with Gasteiger partial charge < -0.3 is 4.90 Å². The number of benzene rings is 1. The van der Waals surface area contributed by atoms with Crippen LogP contribution in [0.3, 0.4) is 0 Å². The largest absolute Gasteiger partial charge is 0.417 e. The minimum Gasteiger partial charge on any atom is -0.338 e. The molecule has 3 aromatic rings. The monoisotopic (exact) mass is 422 g/mol. The van der Waals surface area contributed by atoms with Crippen LogP contribution in [0.15, 0.2) is 47.8 Å². The number of alkyl halides is 3. The summed E-state index contributed by atoms with van der Waals surface area (Å²) in [4.78, 5) is 14.5. The third-order valence-electron chi connectivity index (χ3n) is 4.36. The van der Waals surface area contributed by atoms with Gasteiger partial charge >= 0.3 is 6.18 Å². The van der Waals surface area contributed by atoms with Gasteiger partial charge in [0.05, 0.1) is 11.3 Å². The standard InChI is InChI=1S/C20H21F3N4OS/c1-3-10-26(11-15-6-4-14(2)5-7-15)18(28)13-29-19-25-24-17-9-8-16(12-27(17)19)20(21,22)23/h4-9,12H,3,10-11,13H2,1-2H3. The van der Waals surface area contributed by atoms with E-state index in [0.717, 1.165) is 41.6 Å². The van der Waals surface area contributed by atoms with Gasteiger partial charge in [-0.1, -0.05) is 48.5 Å². The lowest BCUT2D eigenvalue weighted by molar-refractivity contribution is -0.138. The highest BCUT2D eigenvalue weighted by Gasteiger charge is 2.31. The average Bonchev–Trinajstić information content (AvgIpc) is 3.09. The number of hydrogen-bond acceptors (Lipinski definition) is 4. The van der Waals surface area contributed by atoms with Gasteiger partial charge in [-0.05, 0) is 31.0 Å². The van der Waals surface area contributed by atoms with Gasteiger partial charge in [0, 0.05) is 19.3 Å². The van der Waals surface area contributed by atoms with E-state index in [1.807, 2.05) is 38.1 Å². The molecule has 0 aliphatic heterocycles. The molecule has 5 nitrogen and oxygen atoms in total. The second-order valence-electron chi connectivity index (χ2n) is 6.72. The Kier molecular flexibility index (Phi) is 6.46. The van der Waals surface area contributed by atoms with Crippen LogP contribution in [-0.4, -0.2) is 37.7 Å². The molecule has 0 N–H and O–H groups in total. The molecule has 2 heterocycles. The zero-order valence-corrected chi connectivity index (χ0v) is 16.9. The fourth-order valence-corrected chi connectivity index (χ4v) is 3.65. The van der Waals surface area contributed by atoms with Crippen molar-refractivity contribution in [2.24, 2.45) is 0 Å². The van der Waals surface area contributed by atoms with Gasteiger partial charge in [-0.25, -0.2) is 0 Å². The molecule has 1 aromatic carbocycles. The third-order valence-corrected chi connectivity index (χ3v) is 5.29. The molecule has 2 aromatic heterocycles. The van der Waals surface area contributed by atoms with Gasteiger partial charge in [0.15, 0.2) is 10.8 Å². The molecule has 0 atom stereocenters. The number of nitrogens with zero attached hydrogens (tertiary/aromatic N) is 4. The normalized spacial score (nSPS) is 11.8. The minimum absolute atomic E-state index is 0.0723. The first-order valence-electron chi connectivity index (χ1n) is 9.16. The number of aromatic nitrogens is 3. The molecule has 0 saturated heterocycles. The number of rotatable bonds is 7. The van der Waals surface area contributed by atoms with E-state index < -0.39 is 11.7 Å². The predicted molar refractivity (Wildman–Crippen MR) is 106 cm³/mol. The number of carbonyl (C=O) groups is 1. The van der Waals surface area contributed by atoms with E-state index in [0.29, 0.717) is 18.7 Å². The summed E-state index contributed by atoms with van der Waals surface area (Å²) >= 11 is 1.08. The lowest BCUT2D eigenvalue weighted by Crippen LogP contribution is -2.32. The fraction of sp³-hybridized carbons (Fsp3) is 0.350. The Morgan fingerprint density at radius 2 is 1.86 bits per heavy atom. The zero-order valence-electron chi connectivity index (χ0n) is 16.1. The molecule has 0 aliphatic rings. The van der Waals surface area contributed by atoms with Crippen LogP contribution >= 0.6 is 11.8 Å². The Morgan fingerprint density at radius 3 is 2.52 bits per heavy atom. The van der Waals surface area contributed by atoms with Crippen LogP contribution in [0.4, 0.5) is 13.2 Å². The van der Waals surface area contributed by atoms with E-state index in [4.69, 9.17) is 0 Å². The summed E-state index contributed by atoms with van der Waals surface area (Å²) in [5, 5.41) is 8.06. The van der Waals surface area contributed by atoms with Crippen molar-refractivity contribution < 1.29 is 18.0 Å². The maximum atomic E-state index is 13.0. The summed E-state index contributed by atoms with van der Waals surface area (Å²) in [6.45, 7) is 5.09. The molecular weight excluding hydrogens is 401 g/mol. The van der Waals surface area contributed by atoms with Crippen molar-refractivity contribution in [3.63, 3.8) is 0 Å². The molecule has 1 amide bonds. The van der Waals surface area contributed by atoms with Crippen LogP contribution in [0.1, 0.15) is 30.0 Å². The number of carbonyl (C=O) groups excluding carboxylic acids is 1. The third kappa shape index (κ3) is 5.29. The number of pyridine rings is 1. The topological polar surface area (TPSA) is 50.5 Å². The van der Waals surface area contributed by atoms with Crippen molar-refractivity contribution in [1.82, 2.24) is 19.5 Å². The lowest BCUT2D eigenvalue weighted by Gasteiger charge is -2.22. The smallest absolute Gasteiger partial charge is 0.338 e. The van der Waals surface area contributed by atoms with Gasteiger partial charge in [0.25, 0.3) is 0 Å². The van der Waals surface area contributed by atoms with Gasteiger partial charge in [-0.15, -0.1) is 10.2 Å². The molecule has 0 aliphatic carbocycles. The van der Waals surface area contributed by atoms with E-state index in [-0.39, 0.29) is 16.8 Å². The van der Waals surface area contributed by atoms with Crippen LogP contribution in [0, 0.1) is 6.92 Å². The highest BCUT2D eigenvalue weighted by molar-refractivity contribution is 7.99.